The van der Waals surface area contributed by atoms with Gasteiger partial charge >= 0.3 is 0 Å². The van der Waals surface area contributed by atoms with Crippen molar-refractivity contribution < 1.29 is 178 Å². The maximum absolute atomic E-state index is 13.2. The highest BCUT2D eigenvalue weighted by Gasteiger charge is 2.60. The van der Waals surface area contributed by atoms with E-state index in [1.807, 2.05) is 0 Å². The van der Waals surface area contributed by atoms with Crippen LogP contribution in [0.25, 0.3) is 0 Å². The summed E-state index contributed by atoms with van der Waals surface area (Å²) < 4.78 is 76.5. The molecule has 39 nitrogen and oxygen atoms in total. The molecule has 0 spiro atoms. The minimum Gasteiger partial charge on any atom is -0.394 e. The van der Waals surface area contributed by atoms with E-state index in [2.05, 4.69) is 16.0 Å². The Bertz CT molecular complexity index is 2180. The van der Waals surface area contributed by atoms with Crippen molar-refractivity contribution in [2.24, 2.45) is 0 Å². The lowest BCUT2D eigenvalue weighted by Crippen LogP contribution is -2.72. The maximum atomic E-state index is 13.2. The summed E-state index contributed by atoms with van der Waals surface area (Å²) in [6.07, 6.45) is -64.2. The van der Waals surface area contributed by atoms with Gasteiger partial charge in [0.05, 0.1) is 46.2 Å². The van der Waals surface area contributed by atoms with Crippen molar-refractivity contribution in [3.63, 3.8) is 0 Å². The molecule has 0 bridgehead atoms. The summed E-state index contributed by atoms with van der Waals surface area (Å²) in [7, 11) is 0. The molecule has 0 radical (unpaired) electrons. The van der Waals surface area contributed by atoms with Crippen molar-refractivity contribution >= 4 is 17.7 Å². The minimum atomic E-state index is -2.47. The van der Waals surface area contributed by atoms with Crippen LogP contribution in [-0.2, 0) is 76.0 Å². The Hall–Kier alpha value is -2.91. The highest BCUT2D eigenvalue weighted by Crippen LogP contribution is 2.39. The van der Waals surface area contributed by atoms with E-state index in [9.17, 15) is 117 Å². The third-order valence-electron chi connectivity index (χ3n) is 15.7. The lowest BCUT2D eigenvalue weighted by molar-refractivity contribution is -0.400. The van der Waals surface area contributed by atoms with Gasteiger partial charge in [-0.1, -0.05) is 0 Å². The molecule has 39 heteroatoms. The molecule has 35 atom stereocenters. The Balaban J connectivity index is 1.28. The number of rotatable bonds is 22. The largest absolute Gasteiger partial charge is 0.394 e. The molecule has 0 aliphatic carbocycles. The monoisotopic (exact) mass is 1280 g/mol. The van der Waals surface area contributed by atoms with Gasteiger partial charge in [0.25, 0.3) is 0 Å². The van der Waals surface area contributed by atoms with Crippen LogP contribution in [-0.4, -0.2) is 381 Å². The highest BCUT2D eigenvalue weighted by molar-refractivity contribution is 5.74. The average molecular weight is 1280 g/mol. The van der Waals surface area contributed by atoms with Crippen LogP contribution in [0.4, 0.5) is 0 Å². The smallest absolute Gasteiger partial charge is 0.217 e. The summed E-state index contributed by atoms with van der Waals surface area (Å²) in [5, 5.41) is 224. The maximum Gasteiger partial charge on any atom is 0.217 e. The summed E-state index contributed by atoms with van der Waals surface area (Å²) in [6, 6.07) is -5.51. The van der Waals surface area contributed by atoms with Crippen LogP contribution < -0.4 is 16.0 Å². The van der Waals surface area contributed by atoms with E-state index < -0.39 is 279 Å². The summed E-state index contributed by atoms with van der Waals surface area (Å²) >= 11 is 0. The molecular weight excluding hydrogens is 1190 g/mol. The van der Waals surface area contributed by atoms with Gasteiger partial charge in [-0.05, 0) is 0 Å². The third kappa shape index (κ3) is 15.6. The van der Waals surface area contributed by atoms with E-state index in [0.29, 0.717) is 0 Å². The molecule has 0 aromatic rings. The summed E-state index contributed by atoms with van der Waals surface area (Å²) in [4.78, 5) is 38.6. The van der Waals surface area contributed by atoms with E-state index >= 15 is 0 Å². The third-order valence-corrected chi connectivity index (χ3v) is 15.7. The summed E-state index contributed by atoms with van der Waals surface area (Å²) in [6.45, 7) is -4.47. The van der Waals surface area contributed by atoms with Crippen LogP contribution >= 0.6 is 0 Å². The molecule has 3 amide bonds. The molecule has 23 N–H and O–H groups in total. The van der Waals surface area contributed by atoms with Gasteiger partial charge in [0.15, 0.2) is 44.0 Å². The van der Waals surface area contributed by atoms with Crippen LogP contribution in [0.2, 0.25) is 0 Å². The number of carbonyl (C=O) groups is 3. The molecule has 0 aromatic heterocycles. The fraction of sp³-hybridized carbons (Fsp3) is 0.938. The molecule has 504 valence electrons. The molecule has 7 aliphatic rings. The number of nitrogens with one attached hydrogen (secondary N) is 3. The molecular formula is C48H81N3O36. The van der Waals surface area contributed by atoms with Crippen LogP contribution in [0.5, 0.6) is 0 Å². The van der Waals surface area contributed by atoms with Crippen LogP contribution in [0.1, 0.15) is 20.8 Å². The molecule has 7 aliphatic heterocycles. The van der Waals surface area contributed by atoms with E-state index in [-0.39, 0.29) is 0 Å². The molecule has 7 heterocycles. The van der Waals surface area contributed by atoms with E-state index in [0.717, 1.165) is 20.8 Å². The number of hydrogen-bond donors (Lipinski definition) is 23. The van der Waals surface area contributed by atoms with Crippen molar-refractivity contribution in [1.29, 1.82) is 0 Å². The summed E-state index contributed by atoms with van der Waals surface area (Å²) in [5.74, 6) is -2.68. The van der Waals surface area contributed by atoms with E-state index in [4.69, 9.17) is 61.6 Å². The van der Waals surface area contributed by atoms with Crippen molar-refractivity contribution in [3.05, 3.63) is 0 Å². The first-order chi connectivity index (χ1) is 41.2. The molecule has 87 heavy (non-hydrogen) atoms. The molecule has 7 rings (SSSR count). The minimum absolute atomic E-state index is 0.816. The average Bonchev–Trinajstić information content (AvgIpc) is 0.999. The second kappa shape index (κ2) is 31.1. The zero-order valence-electron chi connectivity index (χ0n) is 46.6. The molecule has 0 aromatic carbocycles. The van der Waals surface area contributed by atoms with Crippen molar-refractivity contribution in [3.8, 4) is 0 Å². The lowest BCUT2D eigenvalue weighted by Gasteiger charge is -2.52. The van der Waals surface area contributed by atoms with Crippen LogP contribution in [0, 0.1) is 0 Å². The van der Waals surface area contributed by atoms with Crippen molar-refractivity contribution in [2.45, 2.75) is 236 Å². The first-order valence-corrected chi connectivity index (χ1v) is 27.6. The molecule has 7 fully saturated rings. The number of aliphatic hydroxyl groups excluding tert-OH is 20. The van der Waals surface area contributed by atoms with Crippen molar-refractivity contribution in [2.75, 3.05) is 46.2 Å². The number of amides is 3. The van der Waals surface area contributed by atoms with Gasteiger partial charge in [-0.15, -0.1) is 0 Å². The number of hydrogen-bond acceptors (Lipinski definition) is 36. The van der Waals surface area contributed by atoms with Gasteiger partial charge in [0.2, 0.25) is 17.7 Å². The second-order valence-corrected chi connectivity index (χ2v) is 21.8. The Morgan fingerprint density at radius 3 is 1.00 bits per heavy atom. The van der Waals surface area contributed by atoms with E-state index in [1.165, 1.54) is 0 Å². The second-order valence-electron chi connectivity index (χ2n) is 21.8. The summed E-state index contributed by atoms with van der Waals surface area (Å²) in [5.41, 5.74) is 0. The quantitative estimate of drug-likeness (QED) is 0.0479. The molecule has 0 saturated carbocycles. The lowest BCUT2D eigenvalue weighted by atomic mass is 9.93. The first kappa shape index (κ1) is 71.5. The fourth-order valence-electron chi connectivity index (χ4n) is 11.2. The zero-order chi connectivity index (χ0) is 64.2. The zero-order valence-corrected chi connectivity index (χ0v) is 46.6. The first-order valence-electron chi connectivity index (χ1n) is 27.6. The van der Waals surface area contributed by atoms with Crippen LogP contribution in [0.15, 0.2) is 0 Å². The van der Waals surface area contributed by atoms with Gasteiger partial charge in [0.1, 0.15) is 171 Å². The van der Waals surface area contributed by atoms with Gasteiger partial charge in [-0.2, -0.15) is 0 Å². The Morgan fingerprint density at radius 2 is 0.563 bits per heavy atom. The predicted octanol–water partition coefficient (Wildman–Crippen LogP) is -15.8. The van der Waals surface area contributed by atoms with Gasteiger partial charge in [-0.25, -0.2) is 0 Å². The fourth-order valence-corrected chi connectivity index (χ4v) is 11.2. The number of ether oxygens (including phenoxy) is 13. The predicted molar refractivity (Wildman–Crippen MR) is 267 cm³/mol. The Morgan fingerprint density at radius 1 is 0.276 bits per heavy atom. The van der Waals surface area contributed by atoms with Crippen molar-refractivity contribution in [1.82, 2.24) is 16.0 Å². The molecule has 7 saturated heterocycles. The van der Waals surface area contributed by atoms with Gasteiger partial charge < -0.3 is 180 Å². The Kier molecular flexibility index (Phi) is 25.6. The number of aliphatic hydroxyl groups is 20. The topological polar surface area (TPSA) is 612 Å². The highest BCUT2D eigenvalue weighted by atomic mass is 16.8. The van der Waals surface area contributed by atoms with Gasteiger partial charge in [0, 0.05) is 20.8 Å². The number of carbonyl (C=O) groups excluding carboxylic acids is 3. The van der Waals surface area contributed by atoms with Crippen LogP contribution in [0.3, 0.4) is 0 Å². The van der Waals surface area contributed by atoms with E-state index in [1.54, 1.807) is 0 Å². The normalized spacial score (nSPS) is 48.9. The SMILES string of the molecule is CC(=O)N[C@@H]1[C@H](O[C@@H]2[C@@H](O)[C@@H](O[C@@H]3[C@@H](O)[C@@H](O)[C@H](O[C@H]4[C@H](O)[C@@H](O)[C@H](O)O[C@@H]4CO)O[C@@H]3CO)O[C@H](CO)[C@@H]2O[C@@H]2O[C@H](CO)[C@H](O)[C@H](O[C@@H]3O[C@H](CO)[C@H](O)[C@H](O)[C@H]3O)[C@H]2NC(C)=O)O[C@H](CO)[C@H](O)[C@@H]1O[C@H]1O[C@H](CO)[C@H](O)[C@H](O)[C@H]1NC(C)=O. The standard InChI is InChI=1S/C48H81N3O36/c1-11(59)49-21-28(66)24(62)14(4-52)76-43(21)85-39-22(50-12(2)60)45(78-16(6-54)26(39)64)87-41-35(73)48(83-37-19(9-57)80-47(34(72)31(37)69)82-36-18(8-56)75-42(74)32(70)30(36)68)81-20(10-58)38(41)84-44-23(51-13(3)61)40(27(65)17(7-55)77-44)86-46-33(71)29(67)25(63)15(5-53)79-46/h14-48,52-58,62-74H,4-10H2,1-3H3,(H,49,59)(H,50,60)(H,51,61)/t14-,15-,16-,17-,18-,19-,20-,21-,22+,23-,24+,25+,26+,27+,28-,29+,30-,31+,32-,33-,34-,35-,36-,37+,38+,39-,40-,41-,42-,43-,44+,45+,46+,47+,48-/m1/s1. The Labute approximate surface area is 492 Å². The molecule has 0 unspecified atom stereocenters. The van der Waals surface area contributed by atoms with Gasteiger partial charge in [-0.3, -0.25) is 14.4 Å².